The number of ether oxygens (including phenoxy) is 3. The SMILES string of the molecule is CC(C)CN(C[C@@H](O)[C@H](Cc1ccccc1)NC(=O)CN[C@@H]1CCOC1)S(=O)(=O)c1ccc2c(c1)OCO2. The van der Waals surface area contributed by atoms with Crippen LogP contribution in [-0.2, 0) is 26.0 Å². The van der Waals surface area contributed by atoms with E-state index in [2.05, 4.69) is 10.6 Å². The zero-order chi connectivity index (χ0) is 27.1. The summed E-state index contributed by atoms with van der Waals surface area (Å²) in [7, 11) is -3.97. The van der Waals surface area contributed by atoms with Gasteiger partial charge < -0.3 is 30.0 Å². The summed E-state index contributed by atoms with van der Waals surface area (Å²) >= 11 is 0. The molecule has 1 amide bonds. The molecule has 2 aromatic carbocycles. The fraction of sp³-hybridized carbons (Fsp3) is 0.519. The first kappa shape index (κ1) is 28.3. The van der Waals surface area contributed by atoms with Gasteiger partial charge >= 0.3 is 0 Å². The highest BCUT2D eigenvalue weighted by Gasteiger charge is 2.32. The Hall–Kier alpha value is -2.70. The molecule has 2 aromatic rings. The Balaban J connectivity index is 1.51. The quantitative estimate of drug-likeness (QED) is 0.345. The molecule has 1 fully saturated rings. The maximum absolute atomic E-state index is 13.7. The number of sulfonamides is 1. The van der Waals surface area contributed by atoms with Crippen LogP contribution >= 0.6 is 0 Å². The van der Waals surface area contributed by atoms with Crippen LogP contribution in [0.2, 0.25) is 0 Å². The van der Waals surface area contributed by atoms with Crippen molar-refractivity contribution < 1.29 is 32.5 Å². The maximum Gasteiger partial charge on any atom is 0.243 e. The lowest BCUT2D eigenvalue weighted by atomic mass is 10.0. The molecule has 0 radical (unpaired) electrons. The van der Waals surface area contributed by atoms with Crippen LogP contribution in [0.3, 0.4) is 0 Å². The lowest BCUT2D eigenvalue weighted by molar-refractivity contribution is -0.122. The molecule has 3 N–H and O–H groups in total. The molecular weight excluding hydrogens is 510 g/mol. The Morgan fingerprint density at radius 1 is 1.11 bits per heavy atom. The monoisotopic (exact) mass is 547 g/mol. The first-order valence-corrected chi connectivity index (χ1v) is 14.4. The van der Waals surface area contributed by atoms with Crippen molar-refractivity contribution in [2.45, 2.75) is 49.8 Å². The normalized spacial score (nSPS) is 18.6. The van der Waals surface area contributed by atoms with Crippen LogP contribution in [0.5, 0.6) is 11.5 Å². The summed E-state index contributed by atoms with van der Waals surface area (Å²) in [5.41, 5.74) is 0.919. The topological polar surface area (TPSA) is 126 Å². The van der Waals surface area contributed by atoms with Crippen molar-refractivity contribution >= 4 is 15.9 Å². The average molecular weight is 548 g/mol. The van der Waals surface area contributed by atoms with Crippen LogP contribution in [0.4, 0.5) is 0 Å². The van der Waals surface area contributed by atoms with Crippen LogP contribution in [-0.4, -0.2) is 81.6 Å². The van der Waals surface area contributed by atoms with Crippen molar-refractivity contribution in [1.29, 1.82) is 0 Å². The smallest absolute Gasteiger partial charge is 0.243 e. The molecule has 4 rings (SSSR count). The fourth-order valence-corrected chi connectivity index (χ4v) is 6.18. The largest absolute Gasteiger partial charge is 0.454 e. The molecule has 10 nitrogen and oxygen atoms in total. The van der Waals surface area contributed by atoms with Crippen molar-refractivity contribution in [2.75, 3.05) is 39.6 Å². The van der Waals surface area contributed by atoms with E-state index in [1.165, 1.54) is 16.4 Å². The Labute approximate surface area is 224 Å². The van der Waals surface area contributed by atoms with E-state index in [0.29, 0.717) is 31.1 Å². The zero-order valence-electron chi connectivity index (χ0n) is 21.8. The van der Waals surface area contributed by atoms with Gasteiger partial charge in [-0.15, -0.1) is 0 Å². The van der Waals surface area contributed by atoms with E-state index in [1.807, 2.05) is 44.2 Å². The number of nitrogens with one attached hydrogen (secondary N) is 2. The number of benzene rings is 2. The molecule has 2 aliphatic heterocycles. The average Bonchev–Trinajstić information content (AvgIpc) is 3.58. The van der Waals surface area contributed by atoms with Crippen LogP contribution in [0.1, 0.15) is 25.8 Å². The molecule has 1 saturated heterocycles. The van der Waals surface area contributed by atoms with Crippen molar-refractivity contribution in [2.24, 2.45) is 5.92 Å². The van der Waals surface area contributed by atoms with Crippen LogP contribution in [0.25, 0.3) is 0 Å². The van der Waals surface area contributed by atoms with Gasteiger partial charge in [-0.2, -0.15) is 4.31 Å². The minimum atomic E-state index is -3.97. The Morgan fingerprint density at radius 3 is 2.58 bits per heavy atom. The van der Waals surface area contributed by atoms with E-state index < -0.39 is 22.2 Å². The second-order valence-corrected chi connectivity index (χ2v) is 12.0. The summed E-state index contributed by atoms with van der Waals surface area (Å²) in [4.78, 5) is 12.9. The number of amides is 1. The zero-order valence-corrected chi connectivity index (χ0v) is 22.7. The van der Waals surface area contributed by atoms with Gasteiger partial charge in [-0.05, 0) is 36.5 Å². The fourth-order valence-electron chi connectivity index (χ4n) is 4.54. The Morgan fingerprint density at radius 2 is 1.87 bits per heavy atom. The minimum Gasteiger partial charge on any atom is -0.454 e. The molecule has 0 bridgehead atoms. The second-order valence-electron chi connectivity index (χ2n) is 10.1. The molecular formula is C27H37N3O7S. The van der Waals surface area contributed by atoms with Gasteiger partial charge in [0.15, 0.2) is 11.5 Å². The third kappa shape index (κ3) is 7.45. The van der Waals surface area contributed by atoms with Crippen molar-refractivity contribution in [3.63, 3.8) is 0 Å². The van der Waals surface area contributed by atoms with Crippen LogP contribution in [0, 0.1) is 5.92 Å². The predicted octanol–water partition coefficient (Wildman–Crippen LogP) is 1.53. The molecule has 0 aliphatic carbocycles. The molecule has 0 unspecified atom stereocenters. The van der Waals surface area contributed by atoms with Crippen LogP contribution in [0.15, 0.2) is 53.4 Å². The summed E-state index contributed by atoms with van der Waals surface area (Å²) < 4.78 is 44.6. The molecule has 2 heterocycles. The van der Waals surface area contributed by atoms with Crippen molar-refractivity contribution in [3.05, 3.63) is 54.1 Å². The highest BCUT2D eigenvalue weighted by molar-refractivity contribution is 7.89. The van der Waals surface area contributed by atoms with E-state index >= 15 is 0 Å². The number of aliphatic hydroxyl groups is 1. The number of carbonyl (C=O) groups is 1. The predicted molar refractivity (Wildman–Crippen MR) is 141 cm³/mol. The molecule has 3 atom stereocenters. The van der Waals surface area contributed by atoms with Gasteiger partial charge in [0.1, 0.15) is 0 Å². The van der Waals surface area contributed by atoms with Crippen LogP contribution < -0.4 is 20.1 Å². The van der Waals surface area contributed by atoms with Crippen molar-refractivity contribution in [3.8, 4) is 11.5 Å². The lowest BCUT2D eigenvalue weighted by Gasteiger charge is -2.31. The van der Waals surface area contributed by atoms with E-state index in [1.54, 1.807) is 6.07 Å². The van der Waals surface area contributed by atoms with Gasteiger partial charge in [0.05, 0.1) is 30.2 Å². The number of nitrogens with zero attached hydrogens (tertiary/aromatic N) is 1. The standard InChI is InChI=1S/C27H37N3O7S/c1-19(2)15-30(38(33,34)22-8-9-25-26(13-22)37-18-36-25)16-24(31)23(12-20-6-4-3-5-7-20)29-27(32)14-28-21-10-11-35-17-21/h3-9,13,19,21,23-24,28,31H,10-12,14-18H2,1-2H3,(H,29,32)/t21-,23+,24-/m1/s1. The molecule has 208 valence electrons. The first-order valence-electron chi connectivity index (χ1n) is 12.9. The molecule has 0 spiro atoms. The van der Waals surface area contributed by atoms with Gasteiger partial charge in [0.2, 0.25) is 22.7 Å². The second kappa shape index (κ2) is 12.9. The third-order valence-electron chi connectivity index (χ3n) is 6.53. The number of fused-ring (bicyclic) bond motifs is 1. The highest BCUT2D eigenvalue weighted by atomic mass is 32.2. The summed E-state index contributed by atoms with van der Waals surface area (Å²) in [6.45, 7) is 5.18. The molecule has 0 aromatic heterocycles. The number of hydrogen-bond donors (Lipinski definition) is 3. The van der Waals surface area contributed by atoms with Gasteiger partial charge in [-0.1, -0.05) is 44.2 Å². The van der Waals surface area contributed by atoms with Gasteiger partial charge in [0, 0.05) is 31.8 Å². The van der Waals surface area contributed by atoms with E-state index in [-0.39, 0.29) is 49.2 Å². The van der Waals surface area contributed by atoms with Gasteiger partial charge in [-0.25, -0.2) is 8.42 Å². The maximum atomic E-state index is 13.7. The van der Waals surface area contributed by atoms with E-state index in [4.69, 9.17) is 14.2 Å². The van der Waals surface area contributed by atoms with Gasteiger partial charge in [-0.3, -0.25) is 4.79 Å². The summed E-state index contributed by atoms with van der Waals surface area (Å²) in [5, 5.41) is 17.4. The summed E-state index contributed by atoms with van der Waals surface area (Å²) in [5.74, 6) is 0.588. The van der Waals surface area contributed by atoms with Gasteiger partial charge in [0.25, 0.3) is 0 Å². The number of aliphatic hydroxyl groups excluding tert-OH is 1. The summed E-state index contributed by atoms with van der Waals surface area (Å²) in [6.07, 6.45) is 0.0296. The molecule has 0 saturated carbocycles. The number of rotatable bonds is 13. The number of hydrogen-bond acceptors (Lipinski definition) is 8. The van der Waals surface area contributed by atoms with Crippen molar-refractivity contribution in [1.82, 2.24) is 14.9 Å². The molecule has 2 aliphatic rings. The Bertz CT molecular complexity index is 1170. The highest BCUT2D eigenvalue weighted by Crippen LogP contribution is 2.34. The minimum absolute atomic E-state index is 0.00554. The number of carbonyl (C=O) groups excluding carboxylic acids is 1. The first-order chi connectivity index (χ1) is 18.2. The van der Waals surface area contributed by atoms with E-state index in [0.717, 1.165) is 12.0 Å². The van der Waals surface area contributed by atoms with E-state index in [9.17, 15) is 18.3 Å². The summed E-state index contributed by atoms with van der Waals surface area (Å²) in [6, 6.07) is 13.4. The third-order valence-corrected chi connectivity index (χ3v) is 8.36. The Kier molecular flexibility index (Phi) is 9.61. The lowest BCUT2D eigenvalue weighted by Crippen LogP contribution is -2.53. The molecule has 38 heavy (non-hydrogen) atoms. The molecule has 11 heteroatoms.